The summed E-state index contributed by atoms with van der Waals surface area (Å²) in [5.41, 5.74) is 3.63. The quantitative estimate of drug-likeness (QED) is 0.864. The van der Waals surface area contributed by atoms with E-state index in [4.69, 9.17) is 0 Å². The minimum absolute atomic E-state index is 0.148. The molecule has 1 aromatic heterocycles. The van der Waals surface area contributed by atoms with Crippen LogP contribution in [0.2, 0.25) is 0 Å². The Morgan fingerprint density at radius 2 is 1.86 bits per heavy atom. The highest BCUT2D eigenvalue weighted by Crippen LogP contribution is 2.23. The number of hydrogen-bond donors (Lipinski definition) is 0. The number of rotatable bonds is 4. The molecule has 0 atom stereocenters. The SMILES string of the molecule is Cc1cc(CN2CCC(Cc3ccc(F)cc3)CC2)n(C)n1. The lowest BCUT2D eigenvalue weighted by atomic mass is 9.90. The highest BCUT2D eigenvalue weighted by molar-refractivity contribution is 5.16. The van der Waals surface area contributed by atoms with Crippen LogP contribution in [0.15, 0.2) is 30.3 Å². The molecule has 1 aromatic carbocycles. The molecule has 22 heavy (non-hydrogen) atoms. The predicted molar refractivity (Wildman–Crippen MR) is 86.1 cm³/mol. The van der Waals surface area contributed by atoms with Gasteiger partial charge in [0.05, 0.1) is 11.4 Å². The first-order valence-corrected chi connectivity index (χ1v) is 8.06. The van der Waals surface area contributed by atoms with Crippen molar-refractivity contribution in [2.75, 3.05) is 13.1 Å². The van der Waals surface area contributed by atoms with Crippen LogP contribution in [0.4, 0.5) is 4.39 Å². The molecule has 0 N–H and O–H groups in total. The molecule has 1 aliphatic rings. The van der Waals surface area contributed by atoms with Gasteiger partial charge in [-0.15, -0.1) is 0 Å². The lowest BCUT2D eigenvalue weighted by molar-refractivity contribution is 0.173. The van der Waals surface area contributed by atoms with E-state index in [0.29, 0.717) is 0 Å². The molecule has 0 radical (unpaired) electrons. The first kappa shape index (κ1) is 15.2. The van der Waals surface area contributed by atoms with Gasteiger partial charge in [0.25, 0.3) is 0 Å². The molecule has 3 rings (SSSR count). The van der Waals surface area contributed by atoms with Crippen LogP contribution in [0.25, 0.3) is 0 Å². The smallest absolute Gasteiger partial charge is 0.123 e. The van der Waals surface area contributed by atoms with Crippen molar-refractivity contribution in [1.82, 2.24) is 14.7 Å². The molecular formula is C18H24FN3. The Labute approximate surface area is 131 Å². The minimum atomic E-state index is -0.148. The second kappa shape index (κ2) is 6.61. The van der Waals surface area contributed by atoms with Crippen LogP contribution in [-0.4, -0.2) is 27.8 Å². The molecule has 0 spiro atoms. The lowest BCUT2D eigenvalue weighted by Gasteiger charge is -2.32. The van der Waals surface area contributed by atoms with Gasteiger partial charge in [0, 0.05) is 13.6 Å². The fraction of sp³-hybridized carbons (Fsp3) is 0.500. The van der Waals surface area contributed by atoms with Gasteiger partial charge in [0.2, 0.25) is 0 Å². The molecule has 1 saturated heterocycles. The van der Waals surface area contributed by atoms with Crippen molar-refractivity contribution in [2.45, 2.75) is 32.7 Å². The monoisotopic (exact) mass is 301 g/mol. The maximum atomic E-state index is 12.9. The number of aromatic nitrogens is 2. The number of nitrogens with zero attached hydrogens (tertiary/aromatic N) is 3. The van der Waals surface area contributed by atoms with Gasteiger partial charge in [0.15, 0.2) is 0 Å². The summed E-state index contributed by atoms with van der Waals surface area (Å²) in [7, 11) is 2.02. The van der Waals surface area contributed by atoms with Crippen molar-refractivity contribution in [3.63, 3.8) is 0 Å². The van der Waals surface area contributed by atoms with E-state index in [2.05, 4.69) is 16.1 Å². The van der Waals surface area contributed by atoms with Crippen LogP contribution in [0.3, 0.4) is 0 Å². The van der Waals surface area contributed by atoms with E-state index in [1.165, 1.54) is 24.1 Å². The van der Waals surface area contributed by atoms with Crippen LogP contribution in [0.5, 0.6) is 0 Å². The lowest BCUT2D eigenvalue weighted by Crippen LogP contribution is -2.34. The topological polar surface area (TPSA) is 21.1 Å². The van der Waals surface area contributed by atoms with E-state index < -0.39 is 0 Å². The molecule has 4 heteroatoms. The van der Waals surface area contributed by atoms with Gasteiger partial charge in [-0.2, -0.15) is 5.10 Å². The number of piperidine rings is 1. The van der Waals surface area contributed by atoms with E-state index >= 15 is 0 Å². The second-order valence-electron chi connectivity index (χ2n) is 6.45. The van der Waals surface area contributed by atoms with E-state index in [-0.39, 0.29) is 5.82 Å². The van der Waals surface area contributed by atoms with Crippen LogP contribution in [-0.2, 0) is 20.0 Å². The highest BCUT2D eigenvalue weighted by atomic mass is 19.1. The fourth-order valence-corrected chi connectivity index (χ4v) is 3.34. The third-order valence-electron chi connectivity index (χ3n) is 4.63. The van der Waals surface area contributed by atoms with Gasteiger partial charge >= 0.3 is 0 Å². The molecule has 0 saturated carbocycles. The zero-order chi connectivity index (χ0) is 15.5. The van der Waals surface area contributed by atoms with Crippen molar-refractivity contribution < 1.29 is 4.39 Å². The maximum absolute atomic E-state index is 12.9. The summed E-state index contributed by atoms with van der Waals surface area (Å²) in [6.07, 6.45) is 3.50. The van der Waals surface area contributed by atoms with E-state index in [1.807, 2.05) is 30.8 Å². The van der Waals surface area contributed by atoms with Gasteiger partial charge in [-0.1, -0.05) is 12.1 Å². The van der Waals surface area contributed by atoms with Gasteiger partial charge in [-0.05, 0) is 69.0 Å². The van der Waals surface area contributed by atoms with Crippen LogP contribution in [0.1, 0.15) is 29.8 Å². The van der Waals surface area contributed by atoms with Crippen molar-refractivity contribution in [1.29, 1.82) is 0 Å². The van der Waals surface area contributed by atoms with Crippen LogP contribution >= 0.6 is 0 Å². The molecule has 3 nitrogen and oxygen atoms in total. The van der Waals surface area contributed by atoms with Gasteiger partial charge in [0.1, 0.15) is 5.82 Å². The molecule has 1 aliphatic heterocycles. The molecule has 2 aromatic rings. The van der Waals surface area contributed by atoms with Crippen LogP contribution < -0.4 is 0 Å². The van der Waals surface area contributed by atoms with Crippen molar-refractivity contribution in [3.8, 4) is 0 Å². The summed E-state index contributed by atoms with van der Waals surface area (Å²) in [6.45, 7) is 5.30. The molecule has 1 fully saturated rings. The maximum Gasteiger partial charge on any atom is 0.123 e. The third kappa shape index (κ3) is 3.74. The summed E-state index contributed by atoms with van der Waals surface area (Å²) >= 11 is 0. The Morgan fingerprint density at radius 3 is 2.45 bits per heavy atom. The number of likely N-dealkylation sites (tertiary alicyclic amines) is 1. The molecule has 2 heterocycles. The Morgan fingerprint density at radius 1 is 1.18 bits per heavy atom. The first-order valence-electron chi connectivity index (χ1n) is 8.06. The Bertz CT molecular complexity index is 610. The van der Waals surface area contributed by atoms with Gasteiger partial charge in [-0.25, -0.2) is 4.39 Å². The zero-order valence-electron chi connectivity index (χ0n) is 13.4. The number of benzene rings is 1. The minimum Gasteiger partial charge on any atom is -0.298 e. The highest BCUT2D eigenvalue weighted by Gasteiger charge is 2.20. The average Bonchev–Trinajstić information content (AvgIpc) is 2.81. The van der Waals surface area contributed by atoms with Crippen molar-refractivity contribution >= 4 is 0 Å². The molecule has 0 aliphatic carbocycles. The van der Waals surface area contributed by atoms with Gasteiger partial charge < -0.3 is 0 Å². The molecular weight excluding hydrogens is 277 g/mol. The van der Waals surface area contributed by atoms with E-state index in [0.717, 1.165) is 37.7 Å². The molecule has 0 bridgehead atoms. The summed E-state index contributed by atoms with van der Waals surface area (Å²) in [5.74, 6) is 0.569. The van der Waals surface area contributed by atoms with Crippen LogP contribution in [0, 0.1) is 18.7 Å². The zero-order valence-corrected chi connectivity index (χ0v) is 13.4. The normalized spacial score (nSPS) is 17.0. The summed E-state index contributed by atoms with van der Waals surface area (Å²) in [6, 6.07) is 9.13. The number of aryl methyl sites for hydroxylation is 2. The van der Waals surface area contributed by atoms with E-state index in [9.17, 15) is 4.39 Å². The molecule has 118 valence electrons. The standard InChI is InChI=1S/C18H24FN3/c1-14-11-18(21(2)20-14)13-22-9-7-16(8-10-22)12-15-3-5-17(19)6-4-15/h3-6,11,16H,7-10,12-13H2,1-2H3. The average molecular weight is 301 g/mol. The van der Waals surface area contributed by atoms with Crippen molar-refractivity contribution in [3.05, 3.63) is 53.1 Å². The Hall–Kier alpha value is -1.68. The van der Waals surface area contributed by atoms with Gasteiger partial charge in [-0.3, -0.25) is 9.58 Å². The largest absolute Gasteiger partial charge is 0.298 e. The number of hydrogen-bond acceptors (Lipinski definition) is 2. The predicted octanol–water partition coefficient (Wildman–Crippen LogP) is 3.32. The second-order valence-corrected chi connectivity index (χ2v) is 6.45. The molecule has 0 unspecified atom stereocenters. The Kier molecular flexibility index (Phi) is 4.57. The Balaban J connectivity index is 1.50. The van der Waals surface area contributed by atoms with E-state index in [1.54, 1.807) is 12.1 Å². The fourth-order valence-electron chi connectivity index (χ4n) is 3.34. The number of halogens is 1. The summed E-state index contributed by atoms with van der Waals surface area (Å²) in [4.78, 5) is 2.51. The first-order chi connectivity index (χ1) is 10.6. The third-order valence-corrected chi connectivity index (χ3v) is 4.63. The summed E-state index contributed by atoms with van der Waals surface area (Å²) < 4.78 is 14.9. The van der Waals surface area contributed by atoms with Crippen molar-refractivity contribution in [2.24, 2.45) is 13.0 Å². The molecule has 0 amide bonds. The summed E-state index contributed by atoms with van der Waals surface area (Å²) in [5, 5.41) is 4.41.